The molecule has 0 bridgehead atoms. The third-order valence-electron chi connectivity index (χ3n) is 3.36. The van der Waals surface area contributed by atoms with Crippen molar-refractivity contribution < 1.29 is 14.3 Å². The molecule has 0 radical (unpaired) electrons. The van der Waals surface area contributed by atoms with Gasteiger partial charge in [-0.25, -0.2) is 0 Å². The quantitative estimate of drug-likeness (QED) is 0.806. The van der Waals surface area contributed by atoms with Crippen LogP contribution in [-0.4, -0.2) is 29.0 Å². The average Bonchev–Trinajstić information content (AvgIpc) is 2.80. The largest absolute Gasteiger partial charge is 0.454 e. The van der Waals surface area contributed by atoms with Crippen LogP contribution in [0, 0.1) is 5.92 Å². The Labute approximate surface area is 121 Å². The zero-order valence-electron chi connectivity index (χ0n) is 10.4. The van der Waals surface area contributed by atoms with Gasteiger partial charge in [0.05, 0.1) is 5.92 Å². The van der Waals surface area contributed by atoms with Gasteiger partial charge >= 0.3 is 0 Å². The highest BCUT2D eigenvalue weighted by Gasteiger charge is 2.57. The van der Waals surface area contributed by atoms with Crippen LogP contribution < -0.4 is 9.47 Å². The van der Waals surface area contributed by atoms with Crippen LogP contribution in [0.2, 0.25) is 0 Å². The first-order valence-electron chi connectivity index (χ1n) is 5.99. The summed E-state index contributed by atoms with van der Waals surface area (Å²) in [6, 6.07) is 5.65. The maximum absolute atomic E-state index is 12.1. The van der Waals surface area contributed by atoms with Crippen molar-refractivity contribution in [3.8, 4) is 11.5 Å². The molecule has 102 valence electrons. The molecule has 4 nitrogen and oxygen atoms in total. The van der Waals surface area contributed by atoms with Crippen LogP contribution >= 0.6 is 23.2 Å². The zero-order chi connectivity index (χ0) is 13.6. The Bertz CT molecular complexity index is 533. The number of rotatable bonds is 3. The second-order valence-electron chi connectivity index (χ2n) is 4.90. The van der Waals surface area contributed by atoms with Crippen LogP contribution in [0.1, 0.15) is 12.0 Å². The lowest BCUT2D eigenvalue weighted by atomic mass is 10.2. The topological polar surface area (TPSA) is 38.8 Å². The van der Waals surface area contributed by atoms with Gasteiger partial charge in [-0.3, -0.25) is 4.79 Å². The van der Waals surface area contributed by atoms with Crippen molar-refractivity contribution in [2.75, 3.05) is 13.8 Å². The van der Waals surface area contributed by atoms with E-state index in [2.05, 4.69) is 0 Å². The summed E-state index contributed by atoms with van der Waals surface area (Å²) in [6.45, 7) is 0.743. The summed E-state index contributed by atoms with van der Waals surface area (Å²) in [5.74, 6) is 1.15. The molecule has 0 unspecified atom stereocenters. The van der Waals surface area contributed by atoms with E-state index in [-0.39, 0.29) is 18.6 Å². The van der Waals surface area contributed by atoms with Crippen molar-refractivity contribution in [2.45, 2.75) is 17.3 Å². The maximum Gasteiger partial charge on any atom is 0.231 e. The Balaban J connectivity index is 1.66. The predicted molar refractivity (Wildman–Crippen MR) is 71.6 cm³/mol. The number of alkyl halides is 2. The van der Waals surface area contributed by atoms with Crippen LogP contribution in [0.5, 0.6) is 11.5 Å². The maximum atomic E-state index is 12.1. The van der Waals surface area contributed by atoms with Gasteiger partial charge in [-0.15, -0.1) is 23.2 Å². The van der Waals surface area contributed by atoms with E-state index in [1.54, 1.807) is 11.9 Å². The second-order valence-corrected chi connectivity index (χ2v) is 6.44. The second kappa shape index (κ2) is 4.46. The molecule has 3 rings (SSSR count). The van der Waals surface area contributed by atoms with Crippen LogP contribution in [0.15, 0.2) is 18.2 Å². The number of amides is 1. The molecule has 1 heterocycles. The summed E-state index contributed by atoms with van der Waals surface area (Å²) in [6.07, 6.45) is 0.528. The standard InChI is InChI=1S/C13H13Cl2NO3/c1-16(12(17)9-5-13(9,14)15)6-8-2-3-10-11(4-8)19-7-18-10/h2-4,9H,5-7H2,1H3/t9-/m1/s1. The molecule has 1 atom stereocenters. The van der Waals surface area contributed by atoms with E-state index < -0.39 is 4.33 Å². The molecule has 1 aromatic rings. The van der Waals surface area contributed by atoms with E-state index in [0.717, 1.165) is 11.3 Å². The fourth-order valence-electron chi connectivity index (χ4n) is 2.14. The van der Waals surface area contributed by atoms with Crippen LogP contribution in [0.25, 0.3) is 0 Å². The van der Waals surface area contributed by atoms with E-state index >= 15 is 0 Å². The first-order chi connectivity index (χ1) is 8.97. The van der Waals surface area contributed by atoms with Crippen LogP contribution in [-0.2, 0) is 11.3 Å². The monoisotopic (exact) mass is 301 g/mol. The molecule has 1 saturated carbocycles. The number of halogens is 2. The highest BCUT2D eigenvalue weighted by Crippen LogP contribution is 2.53. The highest BCUT2D eigenvalue weighted by atomic mass is 35.5. The van der Waals surface area contributed by atoms with E-state index in [1.165, 1.54) is 0 Å². The van der Waals surface area contributed by atoms with Gasteiger partial charge in [-0.05, 0) is 24.1 Å². The van der Waals surface area contributed by atoms with Gasteiger partial charge in [-0.2, -0.15) is 0 Å². The fourth-order valence-corrected chi connectivity index (χ4v) is 2.63. The summed E-state index contributed by atoms with van der Waals surface area (Å²) in [7, 11) is 1.75. The van der Waals surface area contributed by atoms with Gasteiger partial charge in [0.2, 0.25) is 12.7 Å². The van der Waals surface area contributed by atoms with E-state index in [0.29, 0.717) is 18.7 Å². The number of hydrogen-bond acceptors (Lipinski definition) is 3. The Morgan fingerprint density at radius 1 is 1.42 bits per heavy atom. The Morgan fingerprint density at radius 3 is 2.79 bits per heavy atom. The number of carbonyl (C=O) groups is 1. The summed E-state index contributed by atoms with van der Waals surface area (Å²) >= 11 is 11.8. The van der Waals surface area contributed by atoms with E-state index in [1.807, 2.05) is 18.2 Å². The van der Waals surface area contributed by atoms with Gasteiger partial charge in [-0.1, -0.05) is 6.07 Å². The molecule has 19 heavy (non-hydrogen) atoms. The third-order valence-corrected chi connectivity index (χ3v) is 4.19. The summed E-state index contributed by atoms with van der Waals surface area (Å²) in [4.78, 5) is 13.7. The molecule has 1 aliphatic carbocycles. The number of carbonyl (C=O) groups excluding carboxylic acids is 1. The minimum atomic E-state index is -0.875. The summed E-state index contributed by atoms with van der Waals surface area (Å²) in [5, 5.41) is 0. The number of nitrogens with zero attached hydrogens (tertiary/aromatic N) is 1. The van der Waals surface area contributed by atoms with Gasteiger partial charge in [0.25, 0.3) is 0 Å². The third kappa shape index (κ3) is 2.47. The normalized spacial score (nSPS) is 22.2. The number of fused-ring (bicyclic) bond motifs is 1. The molecule has 0 spiro atoms. The molecular formula is C13H13Cl2NO3. The molecule has 0 saturated heterocycles. The van der Waals surface area contributed by atoms with Gasteiger partial charge in [0.1, 0.15) is 4.33 Å². The van der Waals surface area contributed by atoms with Crippen molar-refractivity contribution in [1.82, 2.24) is 4.90 Å². The van der Waals surface area contributed by atoms with Crippen LogP contribution in [0.4, 0.5) is 0 Å². The first kappa shape index (κ1) is 12.9. The smallest absolute Gasteiger partial charge is 0.231 e. The minimum absolute atomic E-state index is 0.0253. The van der Waals surface area contributed by atoms with Crippen molar-refractivity contribution in [1.29, 1.82) is 0 Å². The highest BCUT2D eigenvalue weighted by molar-refractivity contribution is 6.52. The molecule has 1 fully saturated rings. The average molecular weight is 302 g/mol. The van der Waals surface area contributed by atoms with Crippen LogP contribution in [0.3, 0.4) is 0 Å². The predicted octanol–water partition coefficient (Wildman–Crippen LogP) is 2.57. The lowest BCUT2D eigenvalue weighted by molar-refractivity contribution is -0.131. The van der Waals surface area contributed by atoms with Gasteiger partial charge in [0.15, 0.2) is 11.5 Å². The summed E-state index contributed by atoms with van der Waals surface area (Å²) < 4.78 is 9.68. The molecule has 6 heteroatoms. The van der Waals surface area contributed by atoms with Crippen molar-refractivity contribution in [2.24, 2.45) is 5.92 Å². The summed E-state index contributed by atoms with van der Waals surface area (Å²) in [5.41, 5.74) is 0.982. The Kier molecular flexibility index (Phi) is 3.02. The van der Waals surface area contributed by atoms with Crippen molar-refractivity contribution >= 4 is 29.1 Å². The Hall–Kier alpha value is -1.13. The van der Waals surface area contributed by atoms with E-state index in [4.69, 9.17) is 32.7 Å². The molecular weight excluding hydrogens is 289 g/mol. The van der Waals surface area contributed by atoms with Gasteiger partial charge < -0.3 is 14.4 Å². The van der Waals surface area contributed by atoms with Gasteiger partial charge in [0, 0.05) is 13.6 Å². The van der Waals surface area contributed by atoms with Crippen molar-refractivity contribution in [3.63, 3.8) is 0 Å². The molecule has 1 aliphatic heterocycles. The Morgan fingerprint density at radius 2 is 2.11 bits per heavy atom. The number of benzene rings is 1. The molecule has 1 amide bonds. The SMILES string of the molecule is CN(Cc1ccc2c(c1)OCO2)C(=O)[C@H]1CC1(Cl)Cl. The minimum Gasteiger partial charge on any atom is -0.454 e. The number of hydrogen-bond donors (Lipinski definition) is 0. The molecule has 0 N–H and O–H groups in total. The lowest BCUT2D eigenvalue weighted by Gasteiger charge is -2.17. The molecule has 0 aromatic heterocycles. The molecule has 1 aromatic carbocycles. The number of ether oxygens (including phenoxy) is 2. The van der Waals surface area contributed by atoms with E-state index in [9.17, 15) is 4.79 Å². The molecule has 2 aliphatic rings. The lowest BCUT2D eigenvalue weighted by Crippen LogP contribution is -2.29. The van der Waals surface area contributed by atoms with Crippen molar-refractivity contribution in [3.05, 3.63) is 23.8 Å². The zero-order valence-corrected chi connectivity index (χ0v) is 11.9. The fraction of sp³-hybridized carbons (Fsp3) is 0.462. The first-order valence-corrected chi connectivity index (χ1v) is 6.74.